The first-order valence-electron chi connectivity index (χ1n) is 13.1. The summed E-state index contributed by atoms with van der Waals surface area (Å²) in [5.74, 6) is -2.60. The highest BCUT2D eigenvalue weighted by atomic mass is 35.5. The predicted molar refractivity (Wildman–Crippen MR) is 149 cm³/mol. The topological polar surface area (TPSA) is 111 Å². The molecule has 2 aromatic heterocycles. The van der Waals surface area contributed by atoms with E-state index >= 15 is 4.39 Å². The summed E-state index contributed by atoms with van der Waals surface area (Å²) in [6, 6.07) is 7.66. The molecular weight excluding hydrogens is 540 g/mol. The van der Waals surface area contributed by atoms with Crippen molar-refractivity contribution in [3.63, 3.8) is 0 Å². The minimum atomic E-state index is -1.21. The van der Waals surface area contributed by atoms with Gasteiger partial charge in [-0.15, -0.1) is 0 Å². The molecule has 1 aliphatic rings. The molecule has 0 aliphatic carbocycles. The zero-order valence-corrected chi connectivity index (χ0v) is 24.0. The van der Waals surface area contributed by atoms with Crippen LogP contribution in [0.15, 0.2) is 30.3 Å². The Morgan fingerprint density at radius 1 is 1.25 bits per heavy atom. The number of rotatable bonds is 8. The van der Waals surface area contributed by atoms with E-state index in [1.165, 1.54) is 12.1 Å². The van der Waals surface area contributed by atoms with Gasteiger partial charge < -0.3 is 10.4 Å². The van der Waals surface area contributed by atoms with E-state index < -0.39 is 34.2 Å². The van der Waals surface area contributed by atoms with Gasteiger partial charge in [0.05, 0.1) is 16.0 Å². The number of anilines is 2. The molecule has 214 valence electrons. The van der Waals surface area contributed by atoms with Crippen molar-refractivity contribution < 1.29 is 23.5 Å². The first-order chi connectivity index (χ1) is 18.7. The molecular formula is C29H34ClF2N5O3. The molecule has 3 aromatic rings. The molecule has 1 fully saturated rings. The van der Waals surface area contributed by atoms with Gasteiger partial charge in [0.25, 0.3) is 0 Å². The van der Waals surface area contributed by atoms with Gasteiger partial charge in [-0.3, -0.25) is 19.6 Å². The van der Waals surface area contributed by atoms with Crippen LogP contribution in [0.3, 0.4) is 0 Å². The SMILES string of the molecule is Cc1cc(Nc2nc(C[C@@]3(C(=O)O)CCN(Cc4cccc(Cl)c4F)[C@H](C)C3)cc(C(=O)C(C)(C)C)c2F)n[nH]1. The van der Waals surface area contributed by atoms with Gasteiger partial charge in [-0.25, -0.2) is 13.8 Å². The van der Waals surface area contributed by atoms with E-state index in [2.05, 4.69) is 20.5 Å². The number of piperidine rings is 1. The Morgan fingerprint density at radius 2 is 1.98 bits per heavy atom. The van der Waals surface area contributed by atoms with E-state index in [9.17, 15) is 19.1 Å². The lowest BCUT2D eigenvalue weighted by atomic mass is 9.72. The lowest BCUT2D eigenvalue weighted by molar-refractivity contribution is -0.153. The highest BCUT2D eigenvalue weighted by molar-refractivity contribution is 6.30. The number of carbonyl (C=O) groups is 2. The summed E-state index contributed by atoms with van der Waals surface area (Å²) in [4.78, 5) is 32.4. The van der Waals surface area contributed by atoms with E-state index in [-0.39, 0.29) is 47.4 Å². The highest BCUT2D eigenvalue weighted by Gasteiger charge is 2.45. The van der Waals surface area contributed by atoms with Crippen molar-refractivity contribution in [1.82, 2.24) is 20.1 Å². The Kier molecular flexibility index (Phi) is 8.33. The molecule has 3 heterocycles. The van der Waals surface area contributed by atoms with Crippen LogP contribution in [0.5, 0.6) is 0 Å². The monoisotopic (exact) mass is 573 g/mol. The fourth-order valence-corrected chi connectivity index (χ4v) is 5.40. The molecule has 0 spiro atoms. The number of pyridine rings is 1. The molecule has 3 N–H and O–H groups in total. The van der Waals surface area contributed by atoms with Crippen molar-refractivity contribution in [2.75, 3.05) is 11.9 Å². The summed E-state index contributed by atoms with van der Waals surface area (Å²) in [7, 11) is 0. The van der Waals surface area contributed by atoms with Crippen molar-refractivity contribution in [2.45, 2.75) is 66.5 Å². The van der Waals surface area contributed by atoms with Crippen molar-refractivity contribution in [2.24, 2.45) is 10.8 Å². The molecule has 1 aliphatic heterocycles. The van der Waals surface area contributed by atoms with Crippen molar-refractivity contribution in [1.29, 1.82) is 0 Å². The number of halogens is 3. The van der Waals surface area contributed by atoms with Gasteiger partial charge >= 0.3 is 5.97 Å². The minimum Gasteiger partial charge on any atom is -0.481 e. The third kappa shape index (κ3) is 6.18. The first kappa shape index (κ1) is 29.6. The van der Waals surface area contributed by atoms with Gasteiger partial charge in [-0.05, 0) is 45.4 Å². The third-order valence-corrected chi connectivity index (χ3v) is 7.75. The second kappa shape index (κ2) is 11.2. The second-order valence-corrected chi connectivity index (χ2v) is 12.1. The maximum Gasteiger partial charge on any atom is 0.310 e. The summed E-state index contributed by atoms with van der Waals surface area (Å²) in [6.07, 6.45) is 0.510. The third-order valence-electron chi connectivity index (χ3n) is 7.45. The van der Waals surface area contributed by atoms with E-state index in [1.54, 1.807) is 45.9 Å². The number of likely N-dealkylation sites (tertiary alicyclic amines) is 1. The zero-order valence-electron chi connectivity index (χ0n) is 23.2. The number of H-pyrrole nitrogens is 1. The maximum atomic E-state index is 15.6. The molecule has 0 bridgehead atoms. The fourth-order valence-electron chi connectivity index (χ4n) is 5.20. The Labute approximate surface area is 237 Å². The standard InChI is InChI=1S/C29H34ClF2N5O3/c1-16-11-22(36-35-16)34-26-24(32)20(25(38)28(3,4)5)12-19(33-26)14-29(27(39)40)9-10-37(17(2)13-29)15-18-7-6-8-21(30)23(18)31/h6-8,11-12,17H,9-10,13-15H2,1-5H3,(H,39,40)(H2,33,34,35,36)/t17-,29-/m1/s1. The van der Waals surface area contributed by atoms with Crippen LogP contribution < -0.4 is 5.32 Å². The number of benzene rings is 1. The van der Waals surface area contributed by atoms with Crippen LogP contribution in [0.25, 0.3) is 0 Å². The van der Waals surface area contributed by atoms with Crippen molar-refractivity contribution in [3.05, 3.63) is 69.5 Å². The number of aromatic nitrogens is 3. The minimum absolute atomic E-state index is 0.00891. The number of carboxylic acid groups (broad SMARTS) is 1. The quantitative estimate of drug-likeness (QED) is 0.271. The number of aliphatic carboxylic acids is 1. The normalized spacial score (nSPS) is 19.9. The summed E-state index contributed by atoms with van der Waals surface area (Å²) in [5, 5.41) is 20.1. The molecule has 0 saturated carbocycles. The zero-order chi connectivity index (χ0) is 29.4. The van der Waals surface area contributed by atoms with Crippen molar-refractivity contribution >= 4 is 35.0 Å². The molecule has 40 heavy (non-hydrogen) atoms. The molecule has 0 unspecified atom stereocenters. The molecule has 8 nitrogen and oxygen atoms in total. The average molecular weight is 574 g/mol. The second-order valence-electron chi connectivity index (χ2n) is 11.7. The summed E-state index contributed by atoms with van der Waals surface area (Å²) in [6.45, 7) is 9.45. The van der Waals surface area contributed by atoms with E-state index in [0.29, 0.717) is 24.5 Å². The highest BCUT2D eigenvalue weighted by Crippen LogP contribution is 2.40. The van der Waals surface area contributed by atoms with E-state index in [1.807, 2.05) is 11.8 Å². The number of carbonyl (C=O) groups excluding carboxylic acids is 1. The lowest BCUT2D eigenvalue weighted by Crippen LogP contribution is -2.49. The van der Waals surface area contributed by atoms with Gasteiger partial charge in [0, 0.05) is 47.4 Å². The Balaban J connectivity index is 1.65. The van der Waals surface area contributed by atoms with Gasteiger partial charge in [0.2, 0.25) is 0 Å². The Hall–Kier alpha value is -3.37. The van der Waals surface area contributed by atoms with E-state index in [4.69, 9.17) is 11.6 Å². The number of carboxylic acids is 1. The van der Waals surface area contributed by atoms with Crippen LogP contribution in [0.1, 0.15) is 67.8 Å². The molecule has 1 saturated heterocycles. The van der Waals surface area contributed by atoms with Crippen LogP contribution in [-0.2, 0) is 17.8 Å². The number of hydrogen-bond donors (Lipinski definition) is 3. The number of aryl methyl sites for hydroxylation is 1. The molecule has 11 heteroatoms. The summed E-state index contributed by atoms with van der Waals surface area (Å²) < 4.78 is 30.1. The average Bonchev–Trinajstić information content (AvgIpc) is 3.28. The summed E-state index contributed by atoms with van der Waals surface area (Å²) in [5.41, 5.74) is -0.775. The number of nitrogens with zero attached hydrogens (tertiary/aromatic N) is 3. The lowest BCUT2D eigenvalue weighted by Gasteiger charge is -2.43. The summed E-state index contributed by atoms with van der Waals surface area (Å²) >= 11 is 5.94. The molecule has 0 amide bonds. The maximum absolute atomic E-state index is 15.6. The Morgan fingerprint density at radius 3 is 2.58 bits per heavy atom. The number of Topliss-reactive ketones (excluding diaryl/α,β-unsaturated/α-hetero) is 1. The molecule has 1 aromatic carbocycles. The number of hydrogen-bond acceptors (Lipinski definition) is 6. The van der Waals surface area contributed by atoms with E-state index in [0.717, 1.165) is 5.69 Å². The van der Waals surface area contributed by atoms with Crippen LogP contribution >= 0.6 is 11.6 Å². The van der Waals surface area contributed by atoms with Crippen LogP contribution in [0.2, 0.25) is 5.02 Å². The molecule has 0 radical (unpaired) electrons. The first-order valence-corrected chi connectivity index (χ1v) is 13.5. The fraction of sp³-hybridized carbons (Fsp3) is 0.448. The Bertz CT molecular complexity index is 1440. The number of ketones is 1. The largest absolute Gasteiger partial charge is 0.481 e. The predicted octanol–water partition coefficient (Wildman–Crippen LogP) is 6.32. The number of nitrogens with one attached hydrogen (secondary N) is 2. The van der Waals surface area contributed by atoms with Gasteiger partial charge in [-0.1, -0.05) is 44.5 Å². The van der Waals surface area contributed by atoms with Crippen LogP contribution in [0.4, 0.5) is 20.4 Å². The van der Waals surface area contributed by atoms with Crippen LogP contribution in [-0.4, -0.2) is 49.5 Å². The van der Waals surface area contributed by atoms with Crippen LogP contribution in [0, 0.1) is 29.4 Å². The molecule has 4 rings (SSSR count). The van der Waals surface area contributed by atoms with Crippen molar-refractivity contribution in [3.8, 4) is 0 Å². The van der Waals surface area contributed by atoms with Gasteiger partial charge in [0.15, 0.2) is 23.2 Å². The smallest absolute Gasteiger partial charge is 0.310 e. The number of aromatic amines is 1. The van der Waals surface area contributed by atoms with Gasteiger partial charge in [0.1, 0.15) is 5.82 Å². The molecule has 2 atom stereocenters. The van der Waals surface area contributed by atoms with Gasteiger partial charge in [-0.2, -0.15) is 5.10 Å².